The lowest BCUT2D eigenvalue weighted by molar-refractivity contribution is 0.187. The van der Waals surface area contributed by atoms with Gasteiger partial charge >= 0.3 is 6.09 Å². The highest BCUT2D eigenvalue weighted by molar-refractivity contribution is 5.85. The molecule has 0 aliphatic rings. The van der Waals surface area contributed by atoms with Crippen LogP contribution in [0, 0.1) is 6.92 Å². The van der Waals surface area contributed by atoms with Gasteiger partial charge in [-0.3, -0.25) is 5.32 Å². The van der Waals surface area contributed by atoms with E-state index in [2.05, 4.69) is 15.0 Å². The Morgan fingerprint density at radius 1 is 1.21 bits per heavy atom. The Bertz CT molecular complexity index is 594. The van der Waals surface area contributed by atoms with Gasteiger partial charge in [0.1, 0.15) is 5.82 Å². The van der Waals surface area contributed by atoms with Gasteiger partial charge < -0.3 is 10.5 Å². The van der Waals surface area contributed by atoms with Crippen LogP contribution in [-0.2, 0) is 4.74 Å². The van der Waals surface area contributed by atoms with Crippen LogP contribution in [0.25, 0.3) is 11.1 Å². The van der Waals surface area contributed by atoms with E-state index in [1.54, 1.807) is 12.1 Å². The smallest absolute Gasteiger partial charge is 0.411 e. The fourth-order valence-corrected chi connectivity index (χ4v) is 1.72. The van der Waals surface area contributed by atoms with Crippen molar-refractivity contribution in [1.29, 1.82) is 0 Å². The van der Waals surface area contributed by atoms with Crippen molar-refractivity contribution in [2.75, 3.05) is 18.2 Å². The van der Waals surface area contributed by atoms with Crippen molar-refractivity contribution in [1.82, 2.24) is 4.98 Å². The number of pyridine rings is 1. The molecule has 0 saturated carbocycles. The third-order valence-electron chi connectivity index (χ3n) is 2.69. The molecule has 1 heterocycles. The molecule has 0 aliphatic carbocycles. The molecular weight excluding hydrogens is 242 g/mol. The molecule has 0 unspecified atom stereocenters. The summed E-state index contributed by atoms with van der Waals surface area (Å²) >= 11 is 0. The molecule has 1 amide bonds. The van der Waals surface area contributed by atoms with Crippen LogP contribution < -0.4 is 11.1 Å². The Kier molecular flexibility index (Phi) is 3.66. The van der Waals surface area contributed by atoms with Crippen LogP contribution in [0.2, 0.25) is 0 Å². The average Bonchev–Trinajstić information content (AvgIpc) is 2.40. The Hall–Kier alpha value is -2.56. The summed E-state index contributed by atoms with van der Waals surface area (Å²) in [6, 6.07) is 11.1. The number of carbonyl (C=O) groups is 1. The molecule has 0 aliphatic heterocycles. The second kappa shape index (κ2) is 5.39. The van der Waals surface area contributed by atoms with Crippen LogP contribution >= 0.6 is 0 Å². The fraction of sp³-hybridized carbons (Fsp3) is 0.143. The molecule has 19 heavy (non-hydrogen) atoms. The number of nitrogen functional groups attached to an aromatic ring is 1. The largest absolute Gasteiger partial charge is 0.453 e. The summed E-state index contributed by atoms with van der Waals surface area (Å²) < 4.78 is 4.52. The van der Waals surface area contributed by atoms with E-state index >= 15 is 0 Å². The number of aromatic nitrogens is 1. The lowest BCUT2D eigenvalue weighted by atomic mass is 10.1. The van der Waals surface area contributed by atoms with Crippen LogP contribution in [0.3, 0.4) is 0 Å². The topological polar surface area (TPSA) is 77.2 Å². The van der Waals surface area contributed by atoms with E-state index in [1.165, 1.54) is 7.11 Å². The summed E-state index contributed by atoms with van der Waals surface area (Å²) in [6.45, 7) is 1.89. The lowest BCUT2D eigenvalue weighted by Crippen LogP contribution is -2.10. The molecule has 0 bridgehead atoms. The average molecular weight is 257 g/mol. The predicted molar refractivity (Wildman–Crippen MR) is 74.9 cm³/mol. The van der Waals surface area contributed by atoms with Gasteiger partial charge in [-0.05, 0) is 36.8 Å². The highest BCUT2D eigenvalue weighted by Crippen LogP contribution is 2.25. The predicted octanol–water partition coefficient (Wildman–Crippen LogP) is 2.82. The van der Waals surface area contributed by atoms with Gasteiger partial charge in [0.05, 0.1) is 7.11 Å². The molecule has 0 saturated heterocycles. The summed E-state index contributed by atoms with van der Waals surface area (Å²) in [6.07, 6.45) is -0.496. The van der Waals surface area contributed by atoms with Crippen molar-refractivity contribution in [2.24, 2.45) is 0 Å². The molecular formula is C14H15N3O2. The Balaban J connectivity index is 2.25. The molecule has 3 N–H and O–H groups in total. The van der Waals surface area contributed by atoms with Gasteiger partial charge in [-0.2, -0.15) is 0 Å². The Morgan fingerprint density at radius 3 is 2.47 bits per heavy atom. The summed E-state index contributed by atoms with van der Waals surface area (Å²) in [5, 5.41) is 2.59. The van der Waals surface area contributed by atoms with Crippen LogP contribution in [0.5, 0.6) is 0 Å². The quantitative estimate of drug-likeness (QED) is 0.867. The van der Waals surface area contributed by atoms with Crippen LogP contribution in [-0.4, -0.2) is 18.2 Å². The third kappa shape index (κ3) is 3.01. The molecule has 98 valence electrons. The number of aryl methyl sites for hydroxylation is 1. The van der Waals surface area contributed by atoms with Gasteiger partial charge in [0.15, 0.2) is 0 Å². The highest BCUT2D eigenvalue weighted by atomic mass is 16.5. The SMILES string of the molecule is COC(=O)Nc1ccc(-c2ccc(C)nc2N)cc1. The molecule has 5 nitrogen and oxygen atoms in total. The van der Waals surface area contributed by atoms with Gasteiger partial charge in [0.25, 0.3) is 0 Å². The van der Waals surface area contributed by atoms with Crippen molar-refractivity contribution in [3.8, 4) is 11.1 Å². The van der Waals surface area contributed by atoms with Gasteiger partial charge in [0.2, 0.25) is 0 Å². The first-order valence-corrected chi connectivity index (χ1v) is 5.78. The molecule has 5 heteroatoms. The van der Waals surface area contributed by atoms with Crippen LogP contribution in [0.1, 0.15) is 5.69 Å². The molecule has 0 radical (unpaired) electrons. The summed E-state index contributed by atoms with van der Waals surface area (Å²) in [4.78, 5) is 15.3. The minimum absolute atomic E-state index is 0.494. The number of rotatable bonds is 2. The van der Waals surface area contributed by atoms with Gasteiger partial charge in [-0.1, -0.05) is 12.1 Å². The van der Waals surface area contributed by atoms with Crippen LogP contribution in [0.4, 0.5) is 16.3 Å². The zero-order valence-electron chi connectivity index (χ0n) is 10.8. The second-order valence-electron chi connectivity index (χ2n) is 4.08. The van der Waals surface area contributed by atoms with E-state index in [0.717, 1.165) is 16.8 Å². The van der Waals surface area contributed by atoms with Crippen molar-refractivity contribution in [3.05, 3.63) is 42.1 Å². The number of hydrogen-bond acceptors (Lipinski definition) is 4. The summed E-state index contributed by atoms with van der Waals surface area (Å²) in [5.74, 6) is 0.494. The maximum atomic E-state index is 11.1. The molecule has 1 aromatic carbocycles. The van der Waals surface area contributed by atoms with Gasteiger partial charge in [0, 0.05) is 16.9 Å². The number of amides is 1. The minimum Gasteiger partial charge on any atom is -0.453 e. The summed E-state index contributed by atoms with van der Waals surface area (Å²) in [7, 11) is 1.32. The Labute approximate surface area is 111 Å². The van der Waals surface area contributed by atoms with E-state index in [4.69, 9.17) is 5.73 Å². The summed E-state index contributed by atoms with van der Waals surface area (Å²) in [5.41, 5.74) is 9.25. The normalized spacial score (nSPS) is 10.0. The zero-order valence-corrected chi connectivity index (χ0v) is 10.8. The molecule has 0 fully saturated rings. The van der Waals surface area contributed by atoms with E-state index in [9.17, 15) is 4.79 Å². The first-order chi connectivity index (χ1) is 9.10. The standard InChI is InChI=1S/C14H15N3O2/c1-9-3-8-12(13(15)16-9)10-4-6-11(7-5-10)17-14(18)19-2/h3-8H,1-2H3,(H2,15,16)(H,17,18). The van der Waals surface area contributed by atoms with E-state index in [1.807, 2.05) is 31.2 Å². The van der Waals surface area contributed by atoms with Gasteiger partial charge in [-0.15, -0.1) is 0 Å². The first-order valence-electron chi connectivity index (χ1n) is 5.78. The second-order valence-corrected chi connectivity index (χ2v) is 4.08. The number of ether oxygens (including phenoxy) is 1. The van der Waals surface area contributed by atoms with E-state index in [0.29, 0.717) is 11.5 Å². The number of benzene rings is 1. The van der Waals surface area contributed by atoms with Crippen molar-refractivity contribution in [2.45, 2.75) is 6.92 Å². The zero-order chi connectivity index (χ0) is 13.8. The third-order valence-corrected chi connectivity index (χ3v) is 2.69. The molecule has 0 atom stereocenters. The lowest BCUT2D eigenvalue weighted by Gasteiger charge is -2.08. The molecule has 1 aromatic heterocycles. The molecule has 2 aromatic rings. The monoisotopic (exact) mass is 257 g/mol. The molecule has 2 rings (SSSR count). The maximum absolute atomic E-state index is 11.1. The number of carbonyl (C=O) groups excluding carboxylic acids is 1. The van der Waals surface area contributed by atoms with Crippen molar-refractivity contribution >= 4 is 17.6 Å². The number of hydrogen-bond donors (Lipinski definition) is 2. The number of nitrogens with zero attached hydrogens (tertiary/aromatic N) is 1. The van der Waals surface area contributed by atoms with Gasteiger partial charge in [-0.25, -0.2) is 9.78 Å². The maximum Gasteiger partial charge on any atom is 0.411 e. The van der Waals surface area contributed by atoms with Crippen molar-refractivity contribution in [3.63, 3.8) is 0 Å². The molecule has 0 spiro atoms. The number of nitrogens with two attached hydrogens (primary N) is 1. The number of nitrogens with one attached hydrogen (secondary N) is 1. The first kappa shape index (κ1) is 12.9. The van der Waals surface area contributed by atoms with Crippen molar-refractivity contribution < 1.29 is 9.53 Å². The minimum atomic E-state index is -0.496. The van der Waals surface area contributed by atoms with E-state index in [-0.39, 0.29) is 0 Å². The van der Waals surface area contributed by atoms with E-state index < -0.39 is 6.09 Å². The number of anilines is 2. The fourth-order valence-electron chi connectivity index (χ4n) is 1.72. The van der Waals surface area contributed by atoms with Crippen LogP contribution in [0.15, 0.2) is 36.4 Å². The highest BCUT2D eigenvalue weighted by Gasteiger charge is 2.05. The Morgan fingerprint density at radius 2 is 1.89 bits per heavy atom. The number of methoxy groups -OCH3 is 1.